The summed E-state index contributed by atoms with van der Waals surface area (Å²) < 4.78 is 24.6. The molecule has 2 amide bonds. The van der Waals surface area contributed by atoms with Crippen molar-refractivity contribution >= 4 is 11.7 Å². The summed E-state index contributed by atoms with van der Waals surface area (Å²) >= 11 is 0. The van der Waals surface area contributed by atoms with E-state index in [1.165, 1.54) is 12.1 Å². The van der Waals surface area contributed by atoms with Crippen molar-refractivity contribution in [3.8, 4) is 11.5 Å². The monoisotopic (exact) mass is 392 g/mol. The highest BCUT2D eigenvalue weighted by molar-refractivity contribution is 5.89. The van der Waals surface area contributed by atoms with E-state index in [-0.39, 0.29) is 18.5 Å². The molecule has 1 heterocycles. The minimum atomic E-state index is -0.474. The molecule has 3 aromatic carbocycles. The summed E-state index contributed by atoms with van der Waals surface area (Å²) in [4.78, 5) is 12.5. The van der Waals surface area contributed by atoms with Crippen molar-refractivity contribution in [1.29, 1.82) is 0 Å². The molecule has 0 bridgehead atoms. The molecular formula is C23H21FN2O3. The van der Waals surface area contributed by atoms with Gasteiger partial charge in [0.15, 0.2) is 11.5 Å². The number of fused-ring (bicyclic) bond motifs is 1. The smallest absolute Gasteiger partial charge is 0.319 e. The van der Waals surface area contributed by atoms with Crippen LogP contribution in [0.25, 0.3) is 0 Å². The second kappa shape index (κ2) is 8.65. The second-order valence-corrected chi connectivity index (χ2v) is 6.86. The molecule has 0 unspecified atom stereocenters. The zero-order valence-electron chi connectivity index (χ0n) is 15.7. The third kappa shape index (κ3) is 4.85. The molecule has 6 heteroatoms. The van der Waals surface area contributed by atoms with Crippen molar-refractivity contribution < 1.29 is 18.7 Å². The molecule has 3 aromatic rings. The van der Waals surface area contributed by atoms with E-state index >= 15 is 0 Å². The first kappa shape index (κ1) is 18.8. The third-order valence-electron chi connectivity index (χ3n) is 4.70. The number of urea groups is 1. The number of rotatable bonds is 6. The predicted octanol–water partition coefficient (Wildman–Crippen LogP) is 4.53. The highest BCUT2D eigenvalue weighted by atomic mass is 19.1. The second-order valence-electron chi connectivity index (χ2n) is 6.86. The number of para-hydroxylation sites is 1. The number of hydrogen-bond donors (Lipinski definition) is 2. The molecule has 0 aromatic heterocycles. The lowest BCUT2D eigenvalue weighted by Gasteiger charge is -2.20. The van der Waals surface area contributed by atoms with Gasteiger partial charge in [0.2, 0.25) is 6.79 Å². The highest BCUT2D eigenvalue weighted by Gasteiger charge is 2.18. The molecule has 1 aliphatic rings. The van der Waals surface area contributed by atoms with Crippen LogP contribution in [0.1, 0.15) is 11.1 Å². The average molecular weight is 392 g/mol. The van der Waals surface area contributed by atoms with Crippen molar-refractivity contribution in [2.45, 2.75) is 18.9 Å². The Hall–Kier alpha value is -3.54. The molecule has 0 saturated heterocycles. The van der Waals surface area contributed by atoms with E-state index in [0.29, 0.717) is 18.6 Å². The van der Waals surface area contributed by atoms with E-state index in [9.17, 15) is 9.18 Å². The third-order valence-corrected chi connectivity index (χ3v) is 4.70. The fourth-order valence-electron chi connectivity index (χ4n) is 3.33. The van der Waals surface area contributed by atoms with Crippen molar-refractivity contribution in [2.24, 2.45) is 0 Å². The molecule has 2 N–H and O–H groups in total. The maximum absolute atomic E-state index is 13.8. The van der Waals surface area contributed by atoms with E-state index < -0.39 is 11.8 Å². The van der Waals surface area contributed by atoms with Crippen molar-refractivity contribution in [3.05, 3.63) is 89.7 Å². The lowest BCUT2D eigenvalue weighted by Crippen LogP contribution is -2.40. The van der Waals surface area contributed by atoms with Crippen molar-refractivity contribution in [3.63, 3.8) is 0 Å². The molecule has 0 fully saturated rings. The topological polar surface area (TPSA) is 59.6 Å². The standard InChI is InChI=1S/C23H21FN2O3/c24-19-8-4-5-9-20(19)26-23(27)25-18(12-16-6-2-1-3-7-16)13-17-10-11-21-22(14-17)29-15-28-21/h1-11,14,18H,12-13,15H2,(H2,25,26,27)/t18-/m0/s1. The van der Waals surface area contributed by atoms with Crippen LogP contribution in [0.2, 0.25) is 0 Å². The van der Waals surface area contributed by atoms with Gasteiger partial charge in [0, 0.05) is 6.04 Å². The molecule has 0 spiro atoms. The van der Waals surface area contributed by atoms with Crippen LogP contribution in [0.3, 0.4) is 0 Å². The zero-order valence-corrected chi connectivity index (χ0v) is 15.7. The zero-order chi connectivity index (χ0) is 20.1. The van der Waals surface area contributed by atoms with Gasteiger partial charge in [0.05, 0.1) is 5.69 Å². The van der Waals surface area contributed by atoms with Gasteiger partial charge in [-0.2, -0.15) is 0 Å². The normalized spacial score (nSPS) is 13.0. The van der Waals surface area contributed by atoms with E-state index in [1.807, 2.05) is 48.5 Å². The van der Waals surface area contributed by atoms with E-state index in [1.54, 1.807) is 12.1 Å². The minimum absolute atomic E-state index is 0.145. The number of halogens is 1. The Balaban J connectivity index is 1.48. The molecule has 0 aliphatic carbocycles. The van der Waals surface area contributed by atoms with Gasteiger partial charge in [-0.05, 0) is 48.2 Å². The van der Waals surface area contributed by atoms with Crippen LogP contribution in [0.15, 0.2) is 72.8 Å². The van der Waals surface area contributed by atoms with Crippen LogP contribution < -0.4 is 20.1 Å². The summed E-state index contributed by atoms with van der Waals surface area (Å²) in [5.74, 6) is 0.952. The Bertz CT molecular complexity index is 994. The van der Waals surface area contributed by atoms with Crippen LogP contribution in [0.5, 0.6) is 11.5 Å². The number of amides is 2. The molecule has 29 heavy (non-hydrogen) atoms. The Morgan fingerprint density at radius 3 is 2.45 bits per heavy atom. The summed E-state index contributed by atoms with van der Waals surface area (Å²) in [7, 11) is 0. The Labute approximate surface area is 168 Å². The van der Waals surface area contributed by atoms with Gasteiger partial charge in [-0.1, -0.05) is 48.5 Å². The quantitative estimate of drug-likeness (QED) is 0.648. The number of hydrogen-bond acceptors (Lipinski definition) is 3. The maximum Gasteiger partial charge on any atom is 0.319 e. The summed E-state index contributed by atoms with van der Waals surface area (Å²) in [5.41, 5.74) is 2.26. The van der Waals surface area contributed by atoms with Gasteiger partial charge in [-0.3, -0.25) is 0 Å². The molecule has 1 aliphatic heterocycles. The molecule has 0 radical (unpaired) electrons. The number of anilines is 1. The fraction of sp³-hybridized carbons (Fsp3) is 0.174. The van der Waals surface area contributed by atoms with Crippen molar-refractivity contribution in [2.75, 3.05) is 12.1 Å². The molecule has 148 valence electrons. The number of carbonyl (C=O) groups excluding carboxylic acids is 1. The largest absolute Gasteiger partial charge is 0.454 e. The van der Waals surface area contributed by atoms with Crippen molar-refractivity contribution in [1.82, 2.24) is 5.32 Å². The summed E-state index contributed by atoms with van der Waals surface area (Å²) in [6.07, 6.45) is 1.23. The molecule has 5 nitrogen and oxygen atoms in total. The Kier molecular flexibility index (Phi) is 5.61. The fourth-order valence-corrected chi connectivity index (χ4v) is 3.33. The number of benzene rings is 3. The first-order valence-corrected chi connectivity index (χ1v) is 9.42. The lowest BCUT2D eigenvalue weighted by atomic mass is 9.98. The van der Waals surface area contributed by atoms with Gasteiger partial charge >= 0.3 is 6.03 Å². The Morgan fingerprint density at radius 1 is 0.897 bits per heavy atom. The summed E-state index contributed by atoms with van der Waals surface area (Å²) in [6, 6.07) is 21.1. The van der Waals surface area contributed by atoms with Gasteiger partial charge in [-0.15, -0.1) is 0 Å². The van der Waals surface area contributed by atoms with Crippen LogP contribution in [0, 0.1) is 5.82 Å². The number of ether oxygens (including phenoxy) is 2. The summed E-state index contributed by atoms with van der Waals surface area (Å²) in [5, 5.41) is 5.55. The lowest BCUT2D eigenvalue weighted by molar-refractivity contribution is 0.174. The first-order valence-electron chi connectivity index (χ1n) is 9.42. The molecule has 1 atom stereocenters. The van der Waals surface area contributed by atoms with Crippen LogP contribution in [0.4, 0.5) is 14.9 Å². The molecule has 0 saturated carbocycles. The van der Waals surface area contributed by atoms with E-state index in [2.05, 4.69) is 10.6 Å². The maximum atomic E-state index is 13.8. The van der Waals surface area contributed by atoms with Gasteiger partial charge in [0.1, 0.15) is 5.82 Å². The number of nitrogens with one attached hydrogen (secondary N) is 2. The number of carbonyl (C=O) groups is 1. The van der Waals surface area contributed by atoms with Gasteiger partial charge in [0.25, 0.3) is 0 Å². The van der Waals surface area contributed by atoms with Crippen LogP contribution >= 0.6 is 0 Å². The average Bonchev–Trinajstić information content (AvgIpc) is 3.18. The van der Waals surface area contributed by atoms with Gasteiger partial charge in [-0.25, -0.2) is 9.18 Å². The van der Waals surface area contributed by atoms with Crippen LogP contribution in [-0.2, 0) is 12.8 Å². The SMILES string of the molecule is O=C(Nc1ccccc1F)N[C@@H](Cc1ccccc1)Cc1ccc2c(c1)OCO2. The van der Waals surface area contributed by atoms with E-state index in [4.69, 9.17) is 9.47 Å². The van der Waals surface area contributed by atoms with E-state index in [0.717, 1.165) is 16.9 Å². The predicted molar refractivity (Wildman–Crippen MR) is 109 cm³/mol. The first-order chi connectivity index (χ1) is 14.2. The van der Waals surface area contributed by atoms with Gasteiger partial charge < -0.3 is 20.1 Å². The minimum Gasteiger partial charge on any atom is -0.454 e. The molecule has 4 rings (SSSR count). The summed E-state index contributed by atoms with van der Waals surface area (Å²) in [6.45, 7) is 0.218. The highest BCUT2D eigenvalue weighted by Crippen LogP contribution is 2.32. The van der Waals surface area contributed by atoms with Crippen LogP contribution in [-0.4, -0.2) is 18.9 Å². The Morgan fingerprint density at radius 2 is 1.62 bits per heavy atom. The molecular weight excluding hydrogens is 371 g/mol.